The second kappa shape index (κ2) is 8.07. The second-order valence-corrected chi connectivity index (χ2v) is 10.0. The molecule has 3 rings (SSSR count). The molecule has 2 saturated heterocycles. The molecule has 1 atom stereocenters. The molecule has 27 heavy (non-hydrogen) atoms. The molecule has 2 aliphatic rings. The molecule has 7 heteroatoms. The maximum absolute atomic E-state index is 12.5. The standard InChI is InChI=1S/C20H32N2O4S/c1-19(2)16-20(11-15-26-19,17-8-4-5-9-18(17)25-3)10-12-21-27(23,24)22-13-6-7-14-22/h4-5,8-9,21H,6-7,10-16H2,1-3H3. The molecule has 2 aliphatic heterocycles. The number of rotatable bonds is 7. The monoisotopic (exact) mass is 396 g/mol. The molecule has 0 bridgehead atoms. The van der Waals surface area contributed by atoms with Gasteiger partial charge in [-0.05, 0) is 52.0 Å². The zero-order valence-electron chi connectivity index (χ0n) is 16.7. The van der Waals surface area contributed by atoms with Crippen LogP contribution in [-0.4, -0.2) is 51.7 Å². The van der Waals surface area contributed by atoms with Crippen molar-refractivity contribution < 1.29 is 17.9 Å². The van der Waals surface area contributed by atoms with Crippen molar-refractivity contribution in [2.24, 2.45) is 0 Å². The summed E-state index contributed by atoms with van der Waals surface area (Å²) in [5.41, 5.74) is 0.707. The van der Waals surface area contributed by atoms with E-state index in [2.05, 4.69) is 24.6 Å². The lowest BCUT2D eigenvalue weighted by atomic mass is 9.67. The van der Waals surface area contributed by atoms with Gasteiger partial charge in [0.15, 0.2) is 0 Å². The summed E-state index contributed by atoms with van der Waals surface area (Å²) in [6.45, 7) is 6.51. The van der Waals surface area contributed by atoms with Gasteiger partial charge < -0.3 is 9.47 Å². The van der Waals surface area contributed by atoms with E-state index in [0.717, 1.165) is 37.0 Å². The van der Waals surface area contributed by atoms with E-state index in [9.17, 15) is 8.42 Å². The maximum atomic E-state index is 12.5. The molecule has 0 radical (unpaired) electrons. The van der Waals surface area contributed by atoms with Gasteiger partial charge in [0.1, 0.15) is 5.75 Å². The fraction of sp³-hybridized carbons (Fsp3) is 0.700. The van der Waals surface area contributed by atoms with Crippen LogP contribution in [0.4, 0.5) is 0 Å². The van der Waals surface area contributed by atoms with Crippen LogP contribution in [0.15, 0.2) is 24.3 Å². The normalized spacial score (nSPS) is 26.2. The van der Waals surface area contributed by atoms with Crippen molar-refractivity contribution in [2.45, 2.75) is 57.0 Å². The smallest absolute Gasteiger partial charge is 0.279 e. The van der Waals surface area contributed by atoms with Gasteiger partial charge in [-0.1, -0.05) is 18.2 Å². The molecular weight excluding hydrogens is 364 g/mol. The minimum Gasteiger partial charge on any atom is -0.496 e. The van der Waals surface area contributed by atoms with Crippen LogP contribution in [-0.2, 0) is 20.4 Å². The van der Waals surface area contributed by atoms with E-state index in [0.29, 0.717) is 32.7 Å². The van der Waals surface area contributed by atoms with Crippen molar-refractivity contribution in [3.8, 4) is 5.75 Å². The van der Waals surface area contributed by atoms with Crippen LogP contribution in [0.5, 0.6) is 5.75 Å². The summed E-state index contributed by atoms with van der Waals surface area (Å²) in [6.07, 6.45) is 4.27. The molecule has 2 fully saturated rings. The Labute approximate surface area is 163 Å². The lowest BCUT2D eigenvalue weighted by molar-refractivity contribution is -0.0841. The van der Waals surface area contributed by atoms with Gasteiger partial charge in [-0.25, -0.2) is 4.72 Å². The van der Waals surface area contributed by atoms with Gasteiger partial charge in [0.25, 0.3) is 10.2 Å². The lowest BCUT2D eigenvalue weighted by Gasteiger charge is -2.46. The number of para-hydroxylation sites is 1. The van der Waals surface area contributed by atoms with Crippen molar-refractivity contribution in [2.75, 3.05) is 33.4 Å². The molecule has 0 aromatic heterocycles. The van der Waals surface area contributed by atoms with Gasteiger partial charge in [-0.2, -0.15) is 12.7 Å². The summed E-state index contributed by atoms with van der Waals surface area (Å²) in [5, 5.41) is 0. The molecule has 2 heterocycles. The zero-order valence-corrected chi connectivity index (χ0v) is 17.5. The van der Waals surface area contributed by atoms with E-state index in [1.165, 1.54) is 0 Å². The van der Waals surface area contributed by atoms with E-state index in [-0.39, 0.29) is 11.0 Å². The van der Waals surface area contributed by atoms with Gasteiger partial charge in [-0.3, -0.25) is 0 Å². The topological polar surface area (TPSA) is 67.9 Å². The first kappa shape index (κ1) is 20.6. The molecule has 0 amide bonds. The summed E-state index contributed by atoms with van der Waals surface area (Å²) >= 11 is 0. The number of hydrogen-bond donors (Lipinski definition) is 1. The third-order valence-corrected chi connectivity index (χ3v) is 7.42. The zero-order chi connectivity index (χ0) is 19.5. The van der Waals surface area contributed by atoms with Gasteiger partial charge in [0, 0.05) is 37.2 Å². The fourth-order valence-electron chi connectivity index (χ4n) is 4.58. The Hall–Kier alpha value is -1.15. The molecule has 0 saturated carbocycles. The van der Waals surface area contributed by atoms with E-state index in [4.69, 9.17) is 9.47 Å². The van der Waals surface area contributed by atoms with E-state index in [1.807, 2.05) is 18.2 Å². The summed E-state index contributed by atoms with van der Waals surface area (Å²) in [7, 11) is -1.71. The van der Waals surface area contributed by atoms with Crippen molar-refractivity contribution in [3.05, 3.63) is 29.8 Å². The number of hydrogen-bond acceptors (Lipinski definition) is 4. The molecule has 1 N–H and O–H groups in total. The van der Waals surface area contributed by atoms with E-state index in [1.54, 1.807) is 11.4 Å². The highest BCUT2D eigenvalue weighted by Crippen LogP contribution is 2.46. The number of nitrogens with one attached hydrogen (secondary N) is 1. The largest absolute Gasteiger partial charge is 0.496 e. The van der Waals surface area contributed by atoms with Crippen molar-refractivity contribution in [3.63, 3.8) is 0 Å². The predicted octanol–water partition coefficient (Wildman–Crippen LogP) is 2.84. The number of methoxy groups -OCH3 is 1. The summed E-state index contributed by atoms with van der Waals surface area (Å²) in [5.74, 6) is 0.859. The molecule has 1 aromatic rings. The van der Waals surface area contributed by atoms with Crippen LogP contribution in [0.3, 0.4) is 0 Å². The fourth-order valence-corrected chi connectivity index (χ4v) is 5.86. The molecular formula is C20H32N2O4S. The van der Waals surface area contributed by atoms with Gasteiger partial charge in [0.2, 0.25) is 0 Å². The van der Waals surface area contributed by atoms with Crippen molar-refractivity contribution >= 4 is 10.2 Å². The number of nitrogens with zero attached hydrogens (tertiary/aromatic N) is 1. The molecule has 152 valence electrons. The number of ether oxygens (including phenoxy) is 2. The van der Waals surface area contributed by atoms with E-state index < -0.39 is 10.2 Å². The van der Waals surface area contributed by atoms with Crippen LogP contribution >= 0.6 is 0 Å². The minimum atomic E-state index is -3.39. The van der Waals surface area contributed by atoms with Gasteiger partial charge >= 0.3 is 0 Å². The quantitative estimate of drug-likeness (QED) is 0.770. The molecule has 1 unspecified atom stereocenters. The van der Waals surface area contributed by atoms with Gasteiger partial charge in [-0.15, -0.1) is 0 Å². The predicted molar refractivity (Wildman–Crippen MR) is 106 cm³/mol. The SMILES string of the molecule is COc1ccccc1C1(CCNS(=O)(=O)N2CCCC2)CCOC(C)(C)C1. The highest BCUT2D eigenvalue weighted by molar-refractivity contribution is 7.87. The van der Waals surface area contributed by atoms with Crippen molar-refractivity contribution in [1.29, 1.82) is 0 Å². The van der Waals surface area contributed by atoms with Crippen molar-refractivity contribution in [1.82, 2.24) is 9.03 Å². The first-order chi connectivity index (χ1) is 12.8. The first-order valence-corrected chi connectivity index (χ1v) is 11.2. The average molecular weight is 397 g/mol. The summed E-state index contributed by atoms with van der Waals surface area (Å²) < 4.78 is 41.0. The van der Waals surface area contributed by atoms with Crippen LogP contribution < -0.4 is 9.46 Å². The Morgan fingerprint density at radius 1 is 1.22 bits per heavy atom. The second-order valence-electron chi connectivity index (χ2n) is 8.27. The van der Waals surface area contributed by atoms with E-state index >= 15 is 0 Å². The summed E-state index contributed by atoms with van der Waals surface area (Å²) in [4.78, 5) is 0. The highest BCUT2D eigenvalue weighted by atomic mass is 32.2. The molecule has 0 aliphatic carbocycles. The van der Waals surface area contributed by atoms with Crippen LogP contribution in [0.2, 0.25) is 0 Å². The van der Waals surface area contributed by atoms with Crippen LogP contribution in [0.1, 0.15) is 51.5 Å². The Morgan fingerprint density at radius 2 is 1.93 bits per heavy atom. The number of benzene rings is 1. The Balaban J connectivity index is 1.81. The molecule has 6 nitrogen and oxygen atoms in total. The first-order valence-electron chi connectivity index (χ1n) is 9.80. The van der Waals surface area contributed by atoms with Gasteiger partial charge in [0.05, 0.1) is 12.7 Å². The molecule has 0 spiro atoms. The Bertz CT molecular complexity index is 744. The Kier molecular flexibility index (Phi) is 6.15. The summed E-state index contributed by atoms with van der Waals surface area (Å²) in [6, 6.07) is 8.08. The third-order valence-electron chi connectivity index (χ3n) is 5.81. The minimum absolute atomic E-state index is 0.179. The molecule has 1 aromatic carbocycles. The lowest BCUT2D eigenvalue weighted by Crippen LogP contribution is -2.47. The average Bonchev–Trinajstić information content (AvgIpc) is 3.16. The van der Waals surface area contributed by atoms with Crippen LogP contribution in [0, 0.1) is 0 Å². The highest BCUT2D eigenvalue weighted by Gasteiger charge is 2.43. The van der Waals surface area contributed by atoms with Crippen LogP contribution in [0.25, 0.3) is 0 Å². The third kappa shape index (κ3) is 4.65. The Morgan fingerprint density at radius 3 is 2.59 bits per heavy atom. The maximum Gasteiger partial charge on any atom is 0.279 e.